The number of rotatable bonds is 11. The van der Waals surface area contributed by atoms with Gasteiger partial charge in [-0.15, -0.1) is 17.9 Å². The first-order valence-electron chi connectivity index (χ1n) is 20.0. The molecule has 0 saturated carbocycles. The lowest BCUT2D eigenvalue weighted by molar-refractivity contribution is -0.154. The number of ether oxygens (including phenoxy) is 2. The molecule has 0 saturated heterocycles. The third-order valence-electron chi connectivity index (χ3n) is 12.3. The van der Waals surface area contributed by atoms with E-state index in [1.807, 2.05) is 45.2 Å². The van der Waals surface area contributed by atoms with Crippen LogP contribution in [0.5, 0.6) is 0 Å². The number of thiazole rings is 1. The van der Waals surface area contributed by atoms with E-state index in [4.69, 9.17) is 18.3 Å². The topological polar surface area (TPSA) is 101 Å². The third-order valence-corrected chi connectivity index (χ3v) is 22.0. The highest BCUT2D eigenvalue weighted by Crippen LogP contribution is 2.45. The van der Waals surface area contributed by atoms with Crippen LogP contribution in [-0.2, 0) is 32.7 Å². The zero-order valence-corrected chi connectivity index (χ0v) is 39.7. The highest BCUT2D eigenvalue weighted by atomic mass is 32.1. The highest BCUT2D eigenvalue weighted by Gasteiger charge is 2.51. The van der Waals surface area contributed by atoms with Crippen molar-refractivity contribution in [3.8, 4) is 0 Å². The van der Waals surface area contributed by atoms with Crippen LogP contribution in [0.2, 0.25) is 36.3 Å². The van der Waals surface area contributed by atoms with E-state index in [0.29, 0.717) is 19.3 Å². The van der Waals surface area contributed by atoms with E-state index in [-0.39, 0.29) is 40.9 Å². The summed E-state index contributed by atoms with van der Waals surface area (Å²) in [6.07, 6.45) is 8.04. The second-order valence-electron chi connectivity index (χ2n) is 18.9. The molecule has 0 bridgehead atoms. The fraction of sp³-hybridized carbons (Fsp3) is 0.682. The van der Waals surface area contributed by atoms with Crippen molar-refractivity contribution in [1.82, 2.24) is 4.98 Å². The number of hydrogen-bond donors (Lipinski definition) is 0. The van der Waals surface area contributed by atoms with E-state index in [2.05, 4.69) is 92.8 Å². The Morgan fingerprint density at radius 3 is 2.18 bits per heavy atom. The summed E-state index contributed by atoms with van der Waals surface area (Å²) in [6.45, 7) is 39.7. The Hall–Kier alpha value is -2.45. The molecule has 0 aliphatic carbocycles. The fourth-order valence-corrected chi connectivity index (χ4v) is 9.97. The molecule has 1 aliphatic rings. The monoisotopic (exact) mass is 815 g/mol. The van der Waals surface area contributed by atoms with E-state index in [0.717, 1.165) is 40.8 Å². The summed E-state index contributed by atoms with van der Waals surface area (Å²) in [4.78, 5) is 46.4. The number of esters is 2. The van der Waals surface area contributed by atoms with Gasteiger partial charge < -0.3 is 18.3 Å². The Labute approximate surface area is 339 Å². The SMILES string of the molecule is C=CC[C@]1(C)C(=O)[C@@H](C)[C@H](O[Si](C)(C)C(C)(C)C)[C@@H](C)CCC/C(COC(=O)C=C)=C\C[C@@H](/C(C)=C/c2csc(C)n2)OC(=O)C[C@@H]1O[Si](C)(C)C(C)(C)C. The van der Waals surface area contributed by atoms with Crippen molar-refractivity contribution in [3.05, 3.63) is 58.6 Å². The lowest BCUT2D eigenvalue weighted by Crippen LogP contribution is -2.55. The van der Waals surface area contributed by atoms with E-state index in [9.17, 15) is 9.59 Å². The van der Waals surface area contributed by atoms with Crippen molar-refractivity contribution in [2.24, 2.45) is 17.3 Å². The standard InChI is InChI=1S/C44H73NO7SSi2/c1-18-25-44(13)37(51-54(14,15)42(7,8)9)27-39(47)50-36(31(4)26-35-29-53-33(6)45-35)24-23-34(28-49-38(46)19-2)22-20-21-30(3)40(32(5)41(44)48)52-55(16,17)43(10,11)12/h18-19,23,26,29-30,32,36-37,40H,1-2,20-22,24-25,27-28H2,3-17H3/b31-26+,34-23+/t30-,32-,36-,37-,40+,44-/m0/s1. The molecule has 0 unspecified atom stereocenters. The number of nitrogens with zero attached hydrogens (tertiary/aromatic N) is 1. The number of carbonyl (C=O) groups excluding carboxylic acids is 3. The lowest BCUT2D eigenvalue weighted by atomic mass is 9.69. The molecule has 8 nitrogen and oxygen atoms in total. The number of cyclic esters (lactones) is 1. The Morgan fingerprint density at radius 1 is 1.05 bits per heavy atom. The highest BCUT2D eigenvalue weighted by molar-refractivity contribution is 7.09. The first-order chi connectivity index (χ1) is 25.2. The van der Waals surface area contributed by atoms with Crippen molar-refractivity contribution >= 4 is 51.8 Å². The minimum Gasteiger partial charge on any atom is -0.458 e. The van der Waals surface area contributed by atoms with Gasteiger partial charge in [0.15, 0.2) is 16.6 Å². The van der Waals surface area contributed by atoms with Gasteiger partial charge in [-0.3, -0.25) is 9.59 Å². The van der Waals surface area contributed by atoms with Crippen LogP contribution in [0.1, 0.15) is 118 Å². The first-order valence-corrected chi connectivity index (χ1v) is 26.7. The molecular formula is C44H73NO7SSi2. The van der Waals surface area contributed by atoms with Gasteiger partial charge in [0.25, 0.3) is 0 Å². The average molecular weight is 816 g/mol. The van der Waals surface area contributed by atoms with Crippen LogP contribution in [0, 0.1) is 24.2 Å². The molecule has 11 heteroatoms. The van der Waals surface area contributed by atoms with Gasteiger partial charge in [-0.25, -0.2) is 9.78 Å². The zero-order valence-electron chi connectivity index (χ0n) is 36.9. The van der Waals surface area contributed by atoms with Crippen molar-refractivity contribution < 1.29 is 32.7 Å². The maximum Gasteiger partial charge on any atom is 0.330 e. The molecule has 0 amide bonds. The predicted molar refractivity (Wildman–Crippen MR) is 233 cm³/mol. The Bertz CT molecular complexity index is 1560. The fourth-order valence-electron chi connectivity index (χ4n) is 6.52. The summed E-state index contributed by atoms with van der Waals surface area (Å²) >= 11 is 1.56. The number of allylic oxidation sites excluding steroid dienone is 1. The van der Waals surface area contributed by atoms with E-state index >= 15 is 4.79 Å². The van der Waals surface area contributed by atoms with Gasteiger partial charge in [-0.2, -0.15) is 0 Å². The summed E-state index contributed by atoms with van der Waals surface area (Å²) in [5.74, 6) is -1.39. The number of aryl methyl sites for hydroxylation is 1. The molecule has 0 spiro atoms. The second-order valence-corrected chi connectivity index (χ2v) is 29.5. The van der Waals surface area contributed by atoms with E-state index in [1.54, 1.807) is 17.4 Å². The Balaban J connectivity index is 2.84. The molecule has 0 aromatic carbocycles. The van der Waals surface area contributed by atoms with E-state index < -0.39 is 52.1 Å². The summed E-state index contributed by atoms with van der Waals surface area (Å²) in [5, 5.41) is 2.67. The van der Waals surface area contributed by atoms with Gasteiger partial charge in [-0.1, -0.05) is 74.1 Å². The molecule has 6 atom stereocenters. The number of carbonyl (C=O) groups is 3. The van der Waals surface area contributed by atoms with Crippen LogP contribution in [-0.4, -0.2) is 64.3 Å². The molecule has 0 N–H and O–H groups in total. The molecule has 2 rings (SSSR count). The number of aromatic nitrogens is 1. The van der Waals surface area contributed by atoms with Crippen LogP contribution in [0.25, 0.3) is 6.08 Å². The zero-order chi connectivity index (χ0) is 42.2. The molecule has 2 heterocycles. The van der Waals surface area contributed by atoms with Crippen LogP contribution in [0.4, 0.5) is 0 Å². The maximum absolute atomic E-state index is 15.3. The van der Waals surface area contributed by atoms with Crippen LogP contribution >= 0.6 is 11.3 Å². The van der Waals surface area contributed by atoms with Gasteiger partial charge in [-0.05, 0) is 106 Å². The average Bonchev–Trinajstić information content (AvgIpc) is 3.48. The largest absolute Gasteiger partial charge is 0.458 e. The van der Waals surface area contributed by atoms with Gasteiger partial charge in [0.1, 0.15) is 18.5 Å². The van der Waals surface area contributed by atoms with Crippen molar-refractivity contribution in [1.29, 1.82) is 0 Å². The summed E-state index contributed by atoms with van der Waals surface area (Å²) in [7, 11) is -4.85. The van der Waals surface area contributed by atoms with Crippen molar-refractivity contribution in [3.63, 3.8) is 0 Å². The van der Waals surface area contributed by atoms with Crippen LogP contribution in [0.15, 0.2) is 47.9 Å². The quantitative estimate of drug-likeness (QED) is 0.0942. The van der Waals surface area contributed by atoms with Crippen molar-refractivity contribution in [2.75, 3.05) is 6.61 Å². The minimum absolute atomic E-state index is 0.00927. The summed E-state index contributed by atoms with van der Waals surface area (Å²) in [6, 6.07) is 0. The Kier molecular flexibility index (Phi) is 17.5. The third kappa shape index (κ3) is 13.6. The first kappa shape index (κ1) is 48.7. The summed E-state index contributed by atoms with van der Waals surface area (Å²) in [5.41, 5.74) is 1.48. The molecular weight excluding hydrogens is 743 g/mol. The number of hydrogen-bond acceptors (Lipinski definition) is 9. The van der Waals surface area contributed by atoms with Gasteiger partial charge in [0, 0.05) is 23.8 Å². The number of Topliss-reactive ketones (excluding diaryl/α,β-unsaturated/α-hetero) is 1. The molecule has 55 heavy (non-hydrogen) atoms. The lowest BCUT2D eigenvalue weighted by Gasteiger charge is -2.47. The predicted octanol–water partition coefficient (Wildman–Crippen LogP) is 11.6. The van der Waals surface area contributed by atoms with Gasteiger partial charge >= 0.3 is 11.9 Å². The molecule has 0 radical (unpaired) electrons. The maximum atomic E-state index is 15.3. The van der Waals surface area contributed by atoms with Gasteiger partial charge in [0.2, 0.25) is 0 Å². The molecule has 310 valence electrons. The molecule has 1 aromatic rings. The minimum atomic E-state index is -2.52. The molecule has 1 aromatic heterocycles. The summed E-state index contributed by atoms with van der Waals surface area (Å²) < 4.78 is 26.2. The van der Waals surface area contributed by atoms with Crippen LogP contribution < -0.4 is 0 Å². The molecule has 1 aliphatic heterocycles. The Morgan fingerprint density at radius 2 is 1.65 bits per heavy atom. The normalized spacial score (nSPS) is 27.1. The van der Waals surface area contributed by atoms with E-state index in [1.165, 1.54) is 0 Å². The van der Waals surface area contributed by atoms with Crippen molar-refractivity contribution in [2.45, 2.75) is 169 Å². The molecule has 0 fully saturated rings. The smallest absolute Gasteiger partial charge is 0.330 e. The number of ketones is 1. The van der Waals surface area contributed by atoms with Gasteiger partial charge in [0.05, 0.1) is 34.7 Å². The second kappa shape index (κ2) is 19.8. The van der Waals surface area contributed by atoms with Crippen LogP contribution in [0.3, 0.4) is 0 Å².